The first-order valence-corrected chi connectivity index (χ1v) is 11.7. The van der Waals surface area contributed by atoms with Gasteiger partial charge in [0.2, 0.25) is 0 Å². The van der Waals surface area contributed by atoms with E-state index in [4.69, 9.17) is 26.4 Å². The summed E-state index contributed by atoms with van der Waals surface area (Å²) in [5, 5.41) is 2.37. The summed E-state index contributed by atoms with van der Waals surface area (Å²) >= 11 is 8.39. The lowest BCUT2D eigenvalue weighted by Gasteiger charge is -2.15. The fourth-order valence-corrected chi connectivity index (χ4v) is 3.02. The number of benzene rings is 2. The number of nitrogens with one attached hydrogen (secondary N) is 3. The average molecular weight is 552 g/mol. The van der Waals surface area contributed by atoms with Gasteiger partial charge in [-0.3, -0.25) is 25.8 Å². The maximum Gasteiger partial charge on any atom is 0.338 e. The first kappa shape index (κ1) is 27.1. The number of amides is 2. The van der Waals surface area contributed by atoms with Crippen LogP contribution < -0.4 is 25.6 Å². The molecule has 0 atom stereocenters. The molecule has 2 aromatic carbocycles. The monoisotopic (exact) mass is 551 g/mol. The van der Waals surface area contributed by atoms with Crippen molar-refractivity contribution in [3.05, 3.63) is 58.1 Å². The van der Waals surface area contributed by atoms with Crippen LogP contribution in [0.3, 0.4) is 0 Å². The van der Waals surface area contributed by atoms with Crippen LogP contribution in [0, 0.1) is 0 Å². The third kappa shape index (κ3) is 8.99. The van der Waals surface area contributed by atoms with Crippen LogP contribution in [-0.4, -0.2) is 42.2 Å². The smallest absolute Gasteiger partial charge is 0.338 e. The third-order valence-electron chi connectivity index (χ3n) is 3.99. The largest absolute Gasteiger partial charge is 0.490 e. The molecule has 182 valence electrons. The predicted octanol–water partition coefficient (Wildman–Crippen LogP) is 3.52. The minimum Gasteiger partial charge on any atom is -0.490 e. The van der Waals surface area contributed by atoms with Crippen molar-refractivity contribution in [1.29, 1.82) is 0 Å². The van der Waals surface area contributed by atoms with Gasteiger partial charge in [-0.1, -0.05) is 22.9 Å². The number of carbonyl (C=O) groups is 3. The van der Waals surface area contributed by atoms with Crippen molar-refractivity contribution >= 4 is 51.0 Å². The molecular weight excluding hydrogens is 526 g/mol. The molecule has 34 heavy (non-hydrogen) atoms. The second kappa shape index (κ2) is 13.5. The number of esters is 1. The molecule has 0 saturated carbocycles. The number of hydrogen-bond acceptors (Lipinski definition) is 7. The zero-order valence-electron chi connectivity index (χ0n) is 19.0. The standard InChI is InChI=1S/C23H26BrN3O6S/c1-4-11-31-22(30)15-5-8-17(9-6-15)32-13-20(28)26-27-23(34)25-21(29)18-12-16(24)7-10-19(18)33-14(2)3/h5-10,12,14H,4,11,13H2,1-3H3,(H,26,28)(H2,25,27,29,34). The van der Waals surface area contributed by atoms with Gasteiger partial charge in [-0.05, 0) is 75.0 Å². The summed E-state index contributed by atoms with van der Waals surface area (Å²) in [6.45, 7) is 5.64. The van der Waals surface area contributed by atoms with Crippen LogP contribution in [0.15, 0.2) is 46.9 Å². The molecule has 0 saturated heterocycles. The second-order valence-electron chi connectivity index (χ2n) is 7.21. The first-order valence-electron chi connectivity index (χ1n) is 10.5. The minimum absolute atomic E-state index is 0.108. The summed E-state index contributed by atoms with van der Waals surface area (Å²) in [6.07, 6.45) is 0.615. The summed E-state index contributed by atoms with van der Waals surface area (Å²) in [6, 6.07) is 11.3. The predicted molar refractivity (Wildman–Crippen MR) is 134 cm³/mol. The lowest BCUT2D eigenvalue weighted by Crippen LogP contribution is -2.49. The fourth-order valence-electron chi connectivity index (χ4n) is 2.51. The van der Waals surface area contributed by atoms with E-state index in [-0.39, 0.29) is 23.4 Å². The lowest BCUT2D eigenvalue weighted by atomic mass is 10.2. The molecule has 2 rings (SSSR count). The Bertz CT molecular complexity index is 1030. The number of hydrazine groups is 1. The van der Waals surface area contributed by atoms with E-state index >= 15 is 0 Å². The Morgan fingerprint density at radius 1 is 1.06 bits per heavy atom. The van der Waals surface area contributed by atoms with E-state index in [1.165, 1.54) is 0 Å². The highest BCUT2D eigenvalue weighted by molar-refractivity contribution is 9.10. The summed E-state index contributed by atoms with van der Waals surface area (Å²) in [5.41, 5.74) is 5.45. The van der Waals surface area contributed by atoms with Crippen LogP contribution in [0.1, 0.15) is 47.9 Å². The van der Waals surface area contributed by atoms with Crippen LogP contribution in [0.2, 0.25) is 0 Å². The van der Waals surface area contributed by atoms with E-state index in [0.29, 0.717) is 28.1 Å². The number of rotatable bonds is 9. The number of hydrogen-bond donors (Lipinski definition) is 3. The molecule has 0 radical (unpaired) electrons. The van der Waals surface area contributed by atoms with E-state index in [9.17, 15) is 14.4 Å². The van der Waals surface area contributed by atoms with Crippen molar-refractivity contribution in [3.8, 4) is 11.5 Å². The quantitative estimate of drug-likeness (QED) is 0.246. The van der Waals surface area contributed by atoms with E-state index < -0.39 is 17.8 Å². The van der Waals surface area contributed by atoms with E-state index in [1.54, 1.807) is 42.5 Å². The van der Waals surface area contributed by atoms with Crippen LogP contribution in [0.25, 0.3) is 0 Å². The number of carbonyl (C=O) groups excluding carboxylic acids is 3. The van der Waals surface area contributed by atoms with Crippen molar-refractivity contribution in [2.45, 2.75) is 33.3 Å². The van der Waals surface area contributed by atoms with Crippen molar-refractivity contribution in [3.63, 3.8) is 0 Å². The maximum atomic E-state index is 12.6. The molecule has 0 bridgehead atoms. The average Bonchev–Trinajstić information content (AvgIpc) is 2.81. The number of thiocarbonyl (C=S) groups is 1. The van der Waals surface area contributed by atoms with Crippen LogP contribution >= 0.6 is 28.1 Å². The fraction of sp³-hybridized carbons (Fsp3) is 0.304. The molecule has 0 unspecified atom stereocenters. The van der Waals surface area contributed by atoms with Gasteiger partial charge in [0.1, 0.15) is 11.5 Å². The molecule has 0 aliphatic rings. The summed E-state index contributed by atoms with van der Waals surface area (Å²) in [5.74, 6) is -0.658. The van der Waals surface area contributed by atoms with Gasteiger partial charge in [-0.15, -0.1) is 0 Å². The van der Waals surface area contributed by atoms with Crippen LogP contribution in [0.4, 0.5) is 0 Å². The molecular formula is C23H26BrN3O6S. The number of ether oxygens (including phenoxy) is 3. The highest BCUT2D eigenvalue weighted by Crippen LogP contribution is 2.24. The summed E-state index contributed by atoms with van der Waals surface area (Å²) < 4.78 is 16.8. The van der Waals surface area contributed by atoms with E-state index in [0.717, 1.165) is 6.42 Å². The molecule has 2 amide bonds. The normalized spacial score (nSPS) is 10.3. The summed E-state index contributed by atoms with van der Waals surface area (Å²) in [7, 11) is 0. The Balaban J connectivity index is 1.80. The molecule has 11 heteroatoms. The molecule has 0 fully saturated rings. The topological polar surface area (TPSA) is 115 Å². The SMILES string of the molecule is CCCOC(=O)c1ccc(OCC(=O)NNC(=S)NC(=O)c2cc(Br)ccc2OC(C)C)cc1. The first-order chi connectivity index (χ1) is 16.2. The van der Waals surface area contributed by atoms with E-state index in [1.807, 2.05) is 20.8 Å². The molecule has 0 aliphatic heterocycles. The Morgan fingerprint density at radius 3 is 2.41 bits per heavy atom. The van der Waals surface area contributed by atoms with Crippen LogP contribution in [0.5, 0.6) is 11.5 Å². The molecule has 3 N–H and O–H groups in total. The minimum atomic E-state index is -0.533. The second-order valence-corrected chi connectivity index (χ2v) is 8.54. The number of halogens is 1. The molecule has 2 aromatic rings. The van der Waals surface area contributed by atoms with Gasteiger partial charge in [-0.25, -0.2) is 4.79 Å². The van der Waals surface area contributed by atoms with Gasteiger partial charge in [0, 0.05) is 4.47 Å². The maximum absolute atomic E-state index is 12.6. The van der Waals surface area contributed by atoms with Crippen molar-refractivity contribution in [1.82, 2.24) is 16.2 Å². The molecule has 0 spiro atoms. The Hall–Kier alpha value is -3.18. The van der Waals surface area contributed by atoms with Gasteiger partial charge in [0.25, 0.3) is 11.8 Å². The van der Waals surface area contributed by atoms with Gasteiger partial charge < -0.3 is 14.2 Å². The molecule has 0 aliphatic carbocycles. The van der Waals surface area contributed by atoms with Crippen molar-refractivity contribution in [2.24, 2.45) is 0 Å². The highest BCUT2D eigenvalue weighted by atomic mass is 79.9. The Labute approximate surface area is 211 Å². The highest BCUT2D eigenvalue weighted by Gasteiger charge is 2.16. The third-order valence-corrected chi connectivity index (χ3v) is 4.69. The summed E-state index contributed by atoms with van der Waals surface area (Å²) in [4.78, 5) is 36.4. The molecule has 9 nitrogen and oxygen atoms in total. The molecule has 0 aromatic heterocycles. The Kier molecular flexibility index (Phi) is 10.8. The lowest BCUT2D eigenvalue weighted by molar-refractivity contribution is -0.123. The van der Waals surface area contributed by atoms with Gasteiger partial charge in [0.05, 0.1) is 23.8 Å². The zero-order chi connectivity index (χ0) is 25.1. The van der Waals surface area contributed by atoms with Crippen molar-refractivity contribution in [2.75, 3.05) is 13.2 Å². The zero-order valence-corrected chi connectivity index (χ0v) is 21.4. The van der Waals surface area contributed by atoms with E-state index in [2.05, 4.69) is 32.1 Å². The van der Waals surface area contributed by atoms with Gasteiger partial charge >= 0.3 is 5.97 Å². The van der Waals surface area contributed by atoms with Gasteiger partial charge in [-0.2, -0.15) is 0 Å². The van der Waals surface area contributed by atoms with Crippen molar-refractivity contribution < 1.29 is 28.6 Å². The van der Waals surface area contributed by atoms with Crippen LogP contribution in [-0.2, 0) is 9.53 Å². The molecule has 0 heterocycles. The van der Waals surface area contributed by atoms with Gasteiger partial charge in [0.15, 0.2) is 11.7 Å². The Morgan fingerprint density at radius 2 is 1.76 bits per heavy atom.